The average molecular weight is 345 g/mol. The van der Waals surface area contributed by atoms with Gasteiger partial charge in [0.1, 0.15) is 10.7 Å². The molecule has 0 spiro atoms. The number of aromatic nitrogens is 2. The van der Waals surface area contributed by atoms with Crippen molar-refractivity contribution in [3.05, 3.63) is 40.3 Å². The Morgan fingerprint density at radius 1 is 1.42 bits per heavy atom. The Bertz CT molecular complexity index is 758. The number of thiophene rings is 1. The summed E-state index contributed by atoms with van der Waals surface area (Å²) in [6, 6.07) is 0. The minimum Gasteiger partial charge on any atom is -0.462 e. The van der Waals surface area contributed by atoms with Crippen LogP contribution in [-0.4, -0.2) is 28.5 Å². The molecule has 0 bridgehead atoms. The van der Waals surface area contributed by atoms with Gasteiger partial charge < -0.3 is 10.1 Å². The predicted octanol–water partition coefficient (Wildman–Crippen LogP) is 3.09. The molecule has 0 aliphatic heterocycles. The molecule has 0 fully saturated rings. The first kappa shape index (κ1) is 16.6. The molecule has 1 aliphatic rings. The summed E-state index contributed by atoms with van der Waals surface area (Å²) in [6.07, 6.45) is 7.16. The van der Waals surface area contributed by atoms with E-state index in [-0.39, 0.29) is 17.6 Å². The van der Waals surface area contributed by atoms with Gasteiger partial charge in [-0.25, -0.2) is 9.78 Å². The zero-order chi connectivity index (χ0) is 17.1. The summed E-state index contributed by atoms with van der Waals surface area (Å²) >= 11 is 1.46. The van der Waals surface area contributed by atoms with Crippen LogP contribution >= 0.6 is 11.3 Å². The number of nitrogens with zero attached hydrogens (tertiary/aromatic N) is 2. The molecule has 1 aliphatic carbocycles. The fraction of sp³-hybridized carbons (Fsp3) is 0.412. The van der Waals surface area contributed by atoms with E-state index in [0.717, 1.165) is 29.7 Å². The van der Waals surface area contributed by atoms with E-state index >= 15 is 0 Å². The number of carbonyl (C=O) groups is 2. The molecule has 24 heavy (non-hydrogen) atoms. The second-order valence-corrected chi connectivity index (χ2v) is 6.93. The normalized spacial score (nSPS) is 16.3. The van der Waals surface area contributed by atoms with Crippen molar-refractivity contribution in [3.63, 3.8) is 0 Å². The van der Waals surface area contributed by atoms with Crippen LogP contribution in [0.5, 0.6) is 0 Å². The number of nitrogens with one attached hydrogen (secondary N) is 1. The summed E-state index contributed by atoms with van der Waals surface area (Å²) < 4.78 is 5.20. The highest BCUT2D eigenvalue weighted by atomic mass is 32.1. The Morgan fingerprint density at radius 2 is 2.25 bits per heavy atom. The van der Waals surface area contributed by atoms with Gasteiger partial charge >= 0.3 is 5.97 Å². The summed E-state index contributed by atoms with van der Waals surface area (Å²) in [4.78, 5) is 33.8. The number of anilines is 1. The first-order valence-electron chi connectivity index (χ1n) is 7.99. The van der Waals surface area contributed by atoms with Gasteiger partial charge in [0.05, 0.1) is 18.4 Å². The van der Waals surface area contributed by atoms with E-state index in [1.165, 1.54) is 29.9 Å². The molecular formula is C17H19N3O3S. The predicted molar refractivity (Wildman–Crippen MR) is 91.4 cm³/mol. The maximum Gasteiger partial charge on any atom is 0.341 e. The highest BCUT2D eigenvalue weighted by molar-refractivity contribution is 7.17. The average Bonchev–Trinajstić information content (AvgIpc) is 2.92. The van der Waals surface area contributed by atoms with Gasteiger partial charge in [-0.1, -0.05) is 6.92 Å². The van der Waals surface area contributed by atoms with Gasteiger partial charge in [0.25, 0.3) is 5.91 Å². The molecule has 126 valence electrons. The van der Waals surface area contributed by atoms with Gasteiger partial charge in [0, 0.05) is 17.3 Å². The molecule has 3 rings (SSSR count). The van der Waals surface area contributed by atoms with Gasteiger partial charge in [-0.05, 0) is 37.7 Å². The molecule has 0 unspecified atom stereocenters. The molecular weight excluding hydrogens is 326 g/mol. The number of esters is 1. The Balaban J connectivity index is 1.94. The molecule has 2 aromatic rings. The SMILES string of the molecule is CCOC(=O)c1c(NC(=O)c2cnccn2)sc2c1CC[C@@H](C)C2. The molecule has 1 amide bonds. The van der Waals surface area contributed by atoms with Crippen molar-refractivity contribution in [2.24, 2.45) is 5.92 Å². The van der Waals surface area contributed by atoms with Crippen LogP contribution in [0, 0.1) is 5.92 Å². The standard InChI is InChI=1S/C17H19N3O3S/c1-3-23-17(22)14-11-5-4-10(2)8-13(11)24-16(14)20-15(21)12-9-18-6-7-19-12/h6-7,9-10H,3-5,8H2,1-2H3,(H,20,21)/t10-/m1/s1. The van der Waals surface area contributed by atoms with E-state index in [4.69, 9.17) is 4.74 Å². The third kappa shape index (κ3) is 3.31. The summed E-state index contributed by atoms with van der Waals surface area (Å²) in [5.41, 5.74) is 1.74. The Hall–Kier alpha value is -2.28. The monoisotopic (exact) mass is 345 g/mol. The van der Waals surface area contributed by atoms with Crippen LogP contribution in [-0.2, 0) is 17.6 Å². The van der Waals surface area contributed by atoms with Gasteiger partial charge in [0.15, 0.2) is 0 Å². The van der Waals surface area contributed by atoms with Crippen LogP contribution < -0.4 is 5.32 Å². The van der Waals surface area contributed by atoms with E-state index in [0.29, 0.717) is 23.1 Å². The van der Waals surface area contributed by atoms with Gasteiger partial charge in [-0.15, -0.1) is 11.3 Å². The van der Waals surface area contributed by atoms with Gasteiger partial charge in [-0.3, -0.25) is 9.78 Å². The van der Waals surface area contributed by atoms with Gasteiger partial charge in [-0.2, -0.15) is 0 Å². The van der Waals surface area contributed by atoms with Crippen LogP contribution in [0.4, 0.5) is 5.00 Å². The molecule has 2 heterocycles. The molecule has 0 saturated carbocycles. The van der Waals surface area contributed by atoms with Crippen molar-refractivity contribution in [2.45, 2.75) is 33.1 Å². The molecule has 0 radical (unpaired) electrons. The zero-order valence-electron chi connectivity index (χ0n) is 13.7. The molecule has 2 aromatic heterocycles. The summed E-state index contributed by atoms with van der Waals surface area (Å²) in [6.45, 7) is 4.28. The number of hydrogen-bond donors (Lipinski definition) is 1. The second kappa shape index (κ2) is 7.09. The molecule has 0 aromatic carbocycles. The largest absolute Gasteiger partial charge is 0.462 e. The van der Waals surface area contributed by atoms with E-state index in [1.54, 1.807) is 6.92 Å². The zero-order valence-corrected chi connectivity index (χ0v) is 14.5. The molecule has 6 nitrogen and oxygen atoms in total. The lowest BCUT2D eigenvalue weighted by molar-refractivity contribution is 0.0526. The van der Waals surface area contributed by atoms with Gasteiger partial charge in [0.2, 0.25) is 0 Å². The Morgan fingerprint density at radius 3 is 2.96 bits per heavy atom. The maximum atomic E-state index is 12.4. The lowest BCUT2D eigenvalue weighted by atomic mass is 9.88. The Labute approximate surface area is 144 Å². The smallest absolute Gasteiger partial charge is 0.341 e. The fourth-order valence-corrected chi connectivity index (χ4v) is 4.24. The highest BCUT2D eigenvalue weighted by Crippen LogP contribution is 2.40. The molecule has 7 heteroatoms. The van der Waals surface area contributed by atoms with E-state index in [1.807, 2.05) is 0 Å². The molecule has 1 N–H and O–H groups in total. The minimum atomic E-state index is -0.376. The van der Waals surface area contributed by atoms with Crippen molar-refractivity contribution in [3.8, 4) is 0 Å². The molecule has 0 saturated heterocycles. The minimum absolute atomic E-state index is 0.215. The number of ether oxygens (including phenoxy) is 1. The number of amides is 1. The fourth-order valence-electron chi connectivity index (χ4n) is 2.84. The van der Waals surface area contributed by atoms with Crippen LogP contribution in [0.15, 0.2) is 18.6 Å². The topological polar surface area (TPSA) is 81.2 Å². The van der Waals surface area contributed by atoms with Crippen LogP contribution in [0.1, 0.15) is 51.6 Å². The van der Waals surface area contributed by atoms with Crippen molar-refractivity contribution in [1.82, 2.24) is 9.97 Å². The third-order valence-corrected chi connectivity index (χ3v) is 5.18. The summed E-state index contributed by atoms with van der Waals surface area (Å²) in [5.74, 6) is -0.172. The number of rotatable bonds is 4. The second-order valence-electron chi connectivity index (χ2n) is 5.82. The van der Waals surface area contributed by atoms with Crippen molar-refractivity contribution < 1.29 is 14.3 Å². The first-order valence-corrected chi connectivity index (χ1v) is 8.80. The third-order valence-electron chi connectivity index (χ3n) is 4.01. The number of carbonyl (C=O) groups excluding carboxylic acids is 2. The quantitative estimate of drug-likeness (QED) is 0.861. The van der Waals surface area contributed by atoms with Crippen molar-refractivity contribution in [1.29, 1.82) is 0 Å². The van der Waals surface area contributed by atoms with E-state index in [2.05, 4.69) is 22.2 Å². The summed E-state index contributed by atoms with van der Waals surface area (Å²) in [5, 5.41) is 3.36. The van der Waals surface area contributed by atoms with Crippen LogP contribution in [0.2, 0.25) is 0 Å². The first-order chi connectivity index (χ1) is 11.6. The van der Waals surface area contributed by atoms with Crippen LogP contribution in [0.3, 0.4) is 0 Å². The lowest BCUT2D eigenvalue weighted by Crippen LogP contribution is -2.17. The number of hydrogen-bond acceptors (Lipinski definition) is 6. The van der Waals surface area contributed by atoms with E-state index in [9.17, 15) is 9.59 Å². The van der Waals surface area contributed by atoms with Crippen LogP contribution in [0.25, 0.3) is 0 Å². The highest BCUT2D eigenvalue weighted by Gasteiger charge is 2.29. The van der Waals surface area contributed by atoms with Crippen molar-refractivity contribution in [2.75, 3.05) is 11.9 Å². The summed E-state index contributed by atoms with van der Waals surface area (Å²) in [7, 11) is 0. The van der Waals surface area contributed by atoms with E-state index < -0.39 is 0 Å². The number of fused-ring (bicyclic) bond motifs is 1. The van der Waals surface area contributed by atoms with Crippen molar-refractivity contribution >= 4 is 28.2 Å². The Kier molecular flexibility index (Phi) is 4.89. The maximum absolute atomic E-state index is 12.4. The lowest BCUT2D eigenvalue weighted by Gasteiger charge is -2.18. The molecule has 1 atom stereocenters.